The summed E-state index contributed by atoms with van der Waals surface area (Å²) in [6.45, 7) is 15.6. The fourth-order valence-corrected chi connectivity index (χ4v) is 1.89. The van der Waals surface area contributed by atoms with Crippen molar-refractivity contribution in [1.29, 1.82) is 0 Å². The van der Waals surface area contributed by atoms with Crippen molar-refractivity contribution in [3.05, 3.63) is 46.5 Å². The van der Waals surface area contributed by atoms with Crippen LogP contribution < -0.4 is 5.32 Å². The van der Waals surface area contributed by atoms with Crippen LogP contribution in [0.2, 0.25) is 0 Å². The summed E-state index contributed by atoms with van der Waals surface area (Å²) in [5.74, 6) is 0. The number of hydrogen-bond acceptors (Lipinski definition) is 1. The second-order valence-electron chi connectivity index (χ2n) is 4.85. The molecule has 0 spiro atoms. The maximum atomic E-state index is 3.91. The van der Waals surface area contributed by atoms with Gasteiger partial charge < -0.3 is 5.32 Å². The molecule has 0 aliphatic rings. The van der Waals surface area contributed by atoms with Gasteiger partial charge in [0.1, 0.15) is 0 Å². The third-order valence-electron chi connectivity index (χ3n) is 3.06. The molecule has 1 atom stereocenters. The van der Waals surface area contributed by atoms with Crippen LogP contribution in [0, 0.1) is 20.8 Å². The molecule has 0 heterocycles. The van der Waals surface area contributed by atoms with Gasteiger partial charge in [-0.05, 0) is 56.9 Å². The topological polar surface area (TPSA) is 12.0 Å². The Balaban J connectivity index is 2.86. The average Bonchev–Trinajstić information content (AvgIpc) is 2.20. The van der Waals surface area contributed by atoms with Gasteiger partial charge in [0.25, 0.3) is 0 Å². The van der Waals surface area contributed by atoms with Gasteiger partial charge in [-0.15, -0.1) is 0 Å². The van der Waals surface area contributed by atoms with E-state index >= 15 is 0 Å². The van der Waals surface area contributed by atoms with Crippen molar-refractivity contribution < 1.29 is 0 Å². The van der Waals surface area contributed by atoms with Crippen LogP contribution in [0.25, 0.3) is 0 Å². The summed E-state index contributed by atoms with van der Waals surface area (Å²) in [5.41, 5.74) is 6.67. The molecule has 1 nitrogen and oxygen atoms in total. The minimum Gasteiger partial charge on any atom is -0.306 e. The molecule has 1 unspecified atom stereocenters. The Morgan fingerprint density at radius 1 is 1.19 bits per heavy atom. The summed E-state index contributed by atoms with van der Waals surface area (Å²) < 4.78 is 0. The lowest BCUT2D eigenvalue weighted by molar-refractivity contribution is 0.604. The summed E-state index contributed by atoms with van der Waals surface area (Å²) in [4.78, 5) is 0. The predicted molar refractivity (Wildman–Crippen MR) is 71.9 cm³/mol. The second-order valence-corrected chi connectivity index (χ2v) is 4.85. The maximum Gasteiger partial charge on any atom is 0.0297 e. The van der Waals surface area contributed by atoms with Gasteiger partial charge in [0.15, 0.2) is 0 Å². The third kappa shape index (κ3) is 3.21. The molecular formula is C15H23N. The van der Waals surface area contributed by atoms with Crippen LogP contribution in [-0.4, -0.2) is 6.54 Å². The van der Waals surface area contributed by atoms with Gasteiger partial charge in [-0.2, -0.15) is 0 Å². The van der Waals surface area contributed by atoms with Crippen molar-refractivity contribution in [1.82, 2.24) is 5.32 Å². The highest BCUT2D eigenvalue weighted by Crippen LogP contribution is 2.21. The molecule has 0 fully saturated rings. The molecule has 16 heavy (non-hydrogen) atoms. The first-order chi connectivity index (χ1) is 7.41. The summed E-state index contributed by atoms with van der Waals surface area (Å²) in [6.07, 6.45) is 0. The van der Waals surface area contributed by atoms with Gasteiger partial charge in [0.2, 0.25) is 0 Å². The zero-order valence-electron chi connectivity index (χ0n) is 11.1. The van der Waals surface area contributed by atoms with E-state index in [0.29, 0.717) is 6.04 Å². The highest BCUT2D eigenvalue weighted by atomic mass is 14.9. The maximum absolute atomic E-state index is 3.91. The van der Waals surface area contributed by atoms with Gasteiger partial charge in [-0.1, -0.05) is 24.3 Å². The van der Waals surface area contributed by atoms with Crippen molar-refractivity contribution in [3.8, 4) is 0 Å². The number of hydrogen-bond donors (Lipinski definition) is 1. The lowest BCUT2D eigenvalue weighted by Crippen LogP contribution is -2.21. The monoisotopic (exact) mass is 217 g/mol. The Kier molecular flexibility index (Phi) is 4.31. The van der Waals surface area contributed by atoms with E-state index in [1.165, 1.54) is 27.8 Å². The van der Waals surface area contributed by atoms with Crippen LogP contribution >= 0.6 is 0 Å². The zero-order chi connectivity index (χ0) is 12.3. The Hall–Kier alpha value is -1.08. The van der Waals surface area contributed by atoms with Crippen LogP contribution in [0.1, 0.15) is 42.1 Å². The first-order valence-electron chi connectivity index (χ1n) is 5.87. The first kappa shape index (κ1) is 13.0. The van der Waals surface area contributed by atoms with Crippen molar-refractivity contribution >= 4 is 0 Å². The van der Waals surface area contributed by atoms with E-state index in [1.54, 1.807) is 0 Å². The largest absolute Gasteiger partial charge is 0.306 e. The fraction of sp³-hybridized carbons (Fsp3) is 0.467. The van der Waals surface area contributed by atoms with Gasteiger partial charge in [-0.3, -0.25) is 0 Å². The quantitative estimate of drug-likeness (QED) is 0.756. The van der Waals surface area contributed by atoms with Gasteiger partial charge in [-0.25, -0.2) is 0 Å². The number of rotatable bonds is 4. The number of nitrogens with one attached hydrogen (secondary N) is 1. The highest BCUT2D eigenvalue weighted by molar-refractivity contribution is 5.38. The van der Waals surface area contributed by atoms with Crippen LogP contribution in [0.3, 0.4) is 0 Å². The van der Waals surface area contributed by atoms with E-state index in [9.17, 15) is 0 Å². The number of benzene rings is 1. The van der Waals surface area contributed by atoms with Gasteiger partial charge >= 0.3 is 0 Å². The Bertz CT molecular complexity index is 391. The van der Waals surface area contributed by atoms with E-state index in [-0.39, 0.29) is 0 Å². The van der Waals surface area contributed by atoms with Crippen molar-refractivity contribution in [2.45, 2.75) is 40.7 Å². The molecule has 0 radical (unpaired) electrons. The normalized spacial score (nSPS) is 12.6. The van der Waals surface area contributed by atoms with Crippen molar-refractivity contribution in [2.24, 2.45) is 0 Å². The number of aryl methyl sites for hydroxylation is 3. The van der Waals surface area contributed by atoms with Gasteiger partial charge in [0.05, 0.1) is 0 Å². The Morgan fingerprint density at radius 3 is 2.31 bits per heavy atom. The average molecular weight is 217 g/mol. The smallest absolute Gasteiger partial charge is 0.0297 e. The zero-order valence-corrected chi connectivity index (χ0v) is 11.1. The molecule has 1 aromatic carbocycles. The SMILES string of the molecule is C=C(C)CNC(C)c1cc(C)c(C)cc1C. The Morgan fingerprint density at radius 2 is 1.75 bits per heavy atom. The van der Waals surface area contributed by atoms with E-state index < -0.39 is 0 Å². The van der Waals surface area contributed by atoms with Gasteiger partial charge in [0, 0.05) is 12.6 Å². The van der Waals surface area contributed by atoms with E-state index in [2.05, 4.69) is 51.7 Å². The van der Waals surface area contributed by atoms with Crippen LogP contribution in [0.4, 0.5) is 0 Å². The lowest BCUT2D eigenvalue weighted by Gasteiger charge is -2.18. The summed E-state index contributed by atoms with van der Waals surface area (Å²) >= 11 is 0. The standard InChI is InChI=1S/C15H23N/c1-10(2)9-16-14(6)15-8-12(4)11(3)7-13(15)5/h7-8,14,16H,1,9H2,2-6H3. The van der Waals surface area contributed by atoms with E-state index in [1.807, 2.05) is 6.92 Å². The lowest BCUT2D eigenvalue weighted by atomic mass is 9.96. The highest BCUT2D eigenvalue weighted by Gasteiger charge is 2.09. The van der Waals surface area contributed by atoms with Crippen LogP contribution in [0.15, 0.2) is 24.3 Å². The molecule has 0 aliphatic carbocycles. The first-order valence-corrected chi connectivity index (χ1v) is 5.87. The summed E-state index contributed by atoms with van der Waals surface area (Å²) in [7, 11) is 0. The molecule has 0 bridgehead atoms. The molecule has 1 rings (SSSR count). The third-order valence-corrected chi connectivity index (χ3v) is 3.06. The van der Waals surface area contributed by atoms with Crippen molar-refractivity contribution in [2.75, 3.05) is 6.54 Å². The molecule has 0 aromatic heterocycles. The minimum absolute atomic E-state index is 0.385. The summed E-state index contributed by atoms with van der Waals surface area (Å²) in [5, 5.41) is 3.49. The molecular weight excluding hydrogens is 194 g/mol. The molecule has 1 aromatic rings. The Labute approximate surface area is 99.6 Å². The minimum atomic E-state index is 0.385. The fourth-order valence-electron chi connectivity index (χ4n) is 1.89. The van der Waals surface area contributed by atoms with Crippen LogP contribution in [0.5, 0.6) is 0 Å². The van der Waals surface area contributed by atoms with E-state index in [0.717, 1.165) is 6.54 Å². The van der Waals surface area contributed by atoms with Crippen LogP contribution in [-0.2, 0) is 0 Å². The molecule has 1 heteroatoms. The van der Waals surface area contributed by atoms with Crippen molar-refractivity contribution in [3.63, 3.8) is 0 Å². The molecule has 0 aliphatic heterocycles. The second kappa shape index (κ2) is 5.31. The molecule has 0 saturated carbocycles. The molecule has 0 amide bonds. The predicted octanol–water partition coefficient (Wildman–Crippen LogP) is 3.84. The van der Waals surface area contributed by atoms with E-state index in [4.69, 9.17) is 0 Å². The molecule has 88 valence electrons. The molecule has 0 saturated heterocycles. The molecule has 1 N–H and O–H groups in total. The summed E-state index contributed by atoms with van der Waals surface area (Å²) in [6, 6.07) is 4.95.